The molecule has 3 rings (SSSR count). The summed E-state index contributed by atoms with van der Waals surface area (Å²) in [6.45, 7) is 1.68. The molecule has 8 heteroatoms. The lowest BCUT2D eigenvalue weighted by atomic mass is 10.1. The van der Waals surface area contributed by atoms with Crippen molar-refractivity contribution in [2.24, 2.45) is 0 Å². The van der Waals surface area contributed by atoms with Crippen LogP contribution in [0.3, 0.4) is 0 Å². The largest absolute Gasteiger partial charge is 0.497 e. The van der Waals surface area contributed by atoms with Crippen molar-refractivity contribution in [1.82, 2.24) is 20.2 Å². The summed E-state index contributed by atoms with van der Waals surface area (Å²) in [5.41, 5.74) is 1.01. The van der Waals surface area contributed by atoms with Crippen LogP contribution in [0.4, 0.5) is 4.79 Å². The first-order valence-electron chi connectivity index (χ1n) is 8.86. The van der Waals surface area contributed by atoms with E-state index in [0.717, 1.165) is 24.2 Å². The molecule has 0 spiro atoms. The van der Waals surface area contributed by atoms with Crippen LogP contribution in [0, 0.1) is 0 Å². The van der Waals surface area contributed by atoms with Gasteiger partial charge in [0.2, 0.25) is 11.8 Å². The minimum Gasteiger partial charge on any atom is -0.497 e. The van der Waals surface area contributed by atoms with Crippen molar-refractivity contribution in [2.45, 2.75) is 25.5 Å². The van der Waals surface area contributed by atoms with Crippen molar-refractivity contribution in [3.8, 4) is 17.5 Å². The van der Waals surface area contributed by atoms with Crippen LogP contribution >= 0.6 is 0 Å². The van der Waals surface area contributed by atoms with E-state index in [1.807, 2.05) is 24.3 Å². The molecular weight excluding hydrogens is 348 g/mol. The van der Waals surface area contributed by atoms with Gasteiger partial charge in [0, 0.05) is 13.1 Å². The fourth-order valence-corrected chi connectivity index (χ4v) is 2.91. The van der Waals surface area contributed by atoms with Gasteiger partial charge in [0.1, 0.15) is 11.9 Å². The number of carbonyl (C=O) groups excluding carboxylic acids is 1. The molecule has 0 bridgehead atoms. The van der Waals surface area contributed by atoms with Crippen LogP contribution in [0.5, 0.6) is 17.5 Å². The predicted octanol–water partition coefficient (Wildman–Crippen LogP) is 2.25. The van der Waals surface area contributed by atoms with E-state index in [1.54, 1.807) is 18.2 Å². The van der Waals surface area contributed by atoms with Crippen LogP contribution in [0.15, 0.2) is 36.7 Å². The Kier molecular flexibility index (Phi) is 6.30. The van der Waals surface area contributed by atoms with Crippen LogP contribution in [0.2, 0.25) is 0 Å². The number of urea groups is 1. The van der Waals surface area contributed by atoms with Crippen molar-refractivity contribution in [1.29, 1.82) is 0 Å². The average Bonchev–Trinajstić information content (AvgIpc) is 2.72. The number of rotatable bonds is 6. The fraction of sp³-hybridized carbons (Fsp3) is 0.421. The Balaban J connectivity index is 1.51. The first kappa shape index (κ1) is 18.8. The predicted molar refractivity (Wildman–Crippen MR) is 99.0 cm³/mol. The topological polar surface area (TPSA) is 85.8 Å². The zero-order valence-electron chi connectivity index (χ0n) is 15.6. The normalized spacial score (nSPS) is 16.5. The van der Waals surface area contributed by atoms with E-state index in [9.17, 15) is 4.79 Å². The number of ether oxygens (including phenoxy) is 3. The molecule has 1 fully saturated rings. The Hall–Kier alpha value is -3.03. The first-order chi connectivity index (χ1) is 13.2. The van der Waals surface area contributed by atoms with Crippen LogP contribution in [-0.2, 0) is 6.54 Å². The molecule has 1 atom stereocenters. The third-order valence-electron chi connectivity index (χ3n) is 4.36. The number of hydrogen-bond acceptors (Lipinski definition) is 6. The van der Waals surface area contributed by atoms with E-state index in [-0.39, 0.29) is 12.1 Å². The molecule has 1 aliphatic heterocycles. The standard InChI is InChI=1S/C19H24N4O4/c1-25-15-7-5-14(6-8-15)10-21-19(24)23-9-3-4-16(13-23)27-18-12-20-11-17(22-18)26-2/h5-8,11-12,16H,3-4,9-10,13H2,1-2H3,(H,21,24)/t16-/m1/s1. The molecule has 0 radical (unpaired) electrons. The van der Waals surface area contributed by atoms with Gasteiger partial charge in [0.05, 0.1) is 33.2 Å². The van der Waals surface area contributed by atoms with Gasteiger partial charge in [-0.2, -0.15) is 4.98 Å². The smallest absolute Gasteiger partial charge is 0.317 e. The summed E-state index contributed by atoms with van der Waals surface area (Å²) in [5, 5.41) is 2.95. The number of likely N-dealkylation sites (tertiary alicyclic amines) is 1. The summed E-state index contributed by atoms with van der Waals surface area (Å²) in [7, 11) is 3.16. The van der Waals surface area contributed by atoms with Crippen molar-refractivity contribution in [3.05, 3.63) is 42.2 Å². The Morgan fingerprint density at radius 1 is 1.19 bits per heavy atom. The van der Waals surface area contributed by atoms with Gasteiger partial charge in [-0.05, 0) is 30.5 Å². The Morgan fingerprint density at radius 3 is 2.70 bits per heavy atom. The third kappa shape index (κ3) is 5.22. The molecule has 8 nitrogen and oxygen atoms in total. The Labute approximate surface area is 158 Å². The molecule has 0 unspecified atom stereocenters. The molecular formula is C19H24N4O4. The van der Waals surface area contributed by atoms with Crippen LogP contribution in [-0.4, -0.2) is 54.3 Å². The third-order valence-corrected chi connectivity index (χ3v) is 4.36. The molecule has 2 amide bonds. The molecule has 1 N–H and O–H groups in total. The number of amides is 2. The molecule has 0 aliphatic carbocycles. The van der Waals surface area contributed by atoms with E-state index >= 15 is 0 Å². The van der Waals surface area contributed by atoms with Crippen molar-refractivity contribution >= 4 is 6.03 Å². The molecule has 1 saturated heterocycles. The van der Waals surface area contributed by atoms with Gasteiger partial charge in [-0.1, -0.05) is 12.1 Å². The summed E-state index contributed by atoms with van der Waals surface area (Å²) in [5.74, 6) is 1.60. The van der Waals surface area contributed by atoms with Crippen LogP contribution < -0.4 is 19.5 Å². The van der Waals surface area contributed by atoms with Gasteiger partial charge in [-0.15, -0.1) is 0 Å². The van der Waals surface area contributed by atoms with Crippen molar-refractivity contribution in [2.75, 3.05) is 27.3 Å². The van der Waals surface area contributed by atoms with Gasteiger partial charge in [0.15, 0.2) is 0 Å². The zero-order chi connectivity index (χ0) is 19.1. The lowest BCUT2D eigenvalue weighted by Crippen LogP contribution is -2.48. The van der Waals surface area contributed by atoms with Crippen LogP contribution in [0.25, 0.3) is 0 Å². The summed E-state index contributed by atoms with van der Waals surface area (Å²) in [6.07, 6.45) is 4.68. The maximum absolute atomic E-state index is 12.5. The minimum absolute atomic E-state index is 0.101. The number of piperidine rings is 1. The summed E-state index contributed by atoms with van der Waals surface area (Å²) >= 11 is 0. The van der Waals surface area contributed by atoms with E-state index in [0.29, 0.717) is 31.4 Å². The molecule has 1 aromatic heterocycles. The molecule has 2 aromatic rings. The molecule has 27 heavy (non-hydrogen) atoms. The zero-order valence-corrected chi connectivity index (χ0v) is 15.6. The number of benzene rings is 1. The van der Waals surface area contributed by atoms with Crippen molar-refractivity contribution < 1.29 is 19.0 Å². The van der Waals surface area contributed by atoms with Gasteiger partial charge in [-0.3, -0.25) is 4.98 Å². The average molecular weight is 372 g/mol. The quantitative estimate of drug-likeness (QED) is 0.837. The number of nitrogens with zero attached hydrogens (tertiary/aromatic N) is 3. The second-order valence-electron chi connectivity index (χ2n) is 6.23. The highest BCUT2D eigenvalue weighted by atomic mass is 16.5. The lowest BCUT2D eigenvalue weighted by Gasteiger charge is -2.32. The number of nitrogens with one attached hydrogen (secondary N) is 1. The Morgan fingerprint density at radius 2 is 1.96 bits per heavy atom. The van der Waals surface area contributed by atoms with E-state index in [1.165, 1.54) is 13.3 Å². The summed E-state index contributed by atoms with van der Waals surface area (Å²) in [4.78, 5) is 22.5. The number of aromatic nitrogens is 2. The number of carbonyl (C=O) groups is 1. The maximum Gasteiger partial charge on any atom is 0.317 e. The monoisotopic (exact) mass is 372 g/mol. The van der Waals surface area contributed by atoms with Gasteiger partial charge < -0.3 is 24.4 Å². The van der Waals surface area contributed by atoms with Gasteiger partial charge in [0.25, 0.3) is 0 Å². The second kappa shape index (κ2) is 9.07. The first-order valence-corrected chi connectivity index (χ1v) is 8.86. The highest BCUT2D eigenvalue weighted by Crippen LogP contribution is 2.18. The van der Waals surface area contributed by atoms with E-state index in [4.69, 9.17) is 14.2 Å². The molecule has 0 saturated carbocycles. The van der Waals surface area contributed by atoms with Crippen LogP contribution in [0.1, 0.15) is 18.4 Å². The molecule has 2 heterocycles. The lowest BCUT2D eigenvalue weighted by molar-refractivity contribution is 0.0968. The van der Waals surface area contributed by atoms with Gasteiger partial charge >= 0.3 is 6.03 Å². The summed E-state index contributed by atoms with van der Waals surface area (Å²) < 4.78 is 16.1. The van der Waals surface area contributed by atoms with E-state index < -0.39 is 0 Å². The highest BCUT2D eigenvalue weighted by Gasteiger charge is 2.25. The minimum atomic E-state index is -0.119. The van der Waals surface area contributed by atoms with Gasteiger partial charge in [-0.25, -0.2) is 4.79 Å². The van der Waals surface area contributed by atoms with Crippen molar-refractivity contribution in [3.63, 3.8) is 0 Å². The maximum atomic E-state index is 12.5. The van der Waals surface area contributed by atoms with E-state index in [2.05, 4.69) is 15.3 Å². The number of methoxy groups -OCH3 is 2. The highest BCUT2D eigenvalue weighted by molar-refractivity contribution is 5.74. The Bertz CT molecular complexity index is 754. The SMILES string of the molecule is COc1ccc(CNC(=O)N2CCC[C@@H](Oc3cncc(OC)n3)C2)cc1. The summed E-state index contributed by atoms with van der Waals surface area (Å²) in [6, 6.07) is 7.52. The molecule has 144 valence electrons. The molecule has 1 aromatic carbocycles. The fourth-order valence-electron chi connectivity index (χ4n) is 2.91. The number of hydrogen-bond donors (Lipinski definition) is 1. The molecule has 1 aliphatic rings. The second-order valence-corrected chi connectivity index (χ2v) is 6.23.